The minimum absolute atomic E-state index is 0.446. The third-order valence-corrected chi connectivity index (χ3v) is 3.79. The molecule has 0 radical (unpaired) electrons. The van der Waals surface area contributed by atoms with Crippen molar-refractivity contribution in [2.45, 2.75) is 13.0 Å². The van der Waals surface area contributed by atoms with Crippen LogP contribution >= 0.6 is 15.9 Å². The van der Waals surface area contributed by atoms with Crippen LogP contribution in [0.15, 0.2) is 40.9 Å². The van der Waals surface area contributed by atoms with Gasteiger partial charge in [0, 0.05) is 10.5 Å². The van der Waals surface area contributed by atoms with E-state index in [1.165, 1.54) is 12.1 Å². The maximum atomic E-state index is 13.3. The van der Waals surface area contributed by atoms with Crippen LogP contribution in [-0.4, -0.2) is 0 Å². The molecule has 1 unspecified atom stereocenters. The highest BCUT2D eigenvalue weighted by Crippen LogP contribution is 2.26. The van der Waals surface area contributed by atoms with Gasteiger partial charge in [-0.2, -0.15) is 0 Å². The quantitative estimate of drug-likeness (QED) is 0.668. The van der Waals surface area contributed by atoms with E-state index in [0.29, 0.717) is 5.56 Å². The second-order valence-corrected chi connectivity index (χ2v) is 5.17. The summed E-state index contributed by atoms with van der Waals surface area (Å²) >= 11 is 3.41. The second-order valence-electron chi connectivity index (χ2n) is 4.31. The van der Waals surface area contributed by atoms with Gasteiger partial charge in [0.15, 0.2) is 0 Å². The summed E-state index contributed by atoms with van der Waals surface area (Å²) in [4.78, 5) is 0. The van der Waals surface area contributed by atoms with Crippen molar-refractivity contribution in [3.8, 4) is 0 Å². The molecule has 0 aliphatic carbocycles. The number of nitrogens with two attached hydrogens (primary N) is 1. The minimum atomic E-state index is -0.621. The van der Waals surface area contributed by atoms with Crippen molar-refractivity contribution in [2.24, 2.45) is 5.84 Å². The van der Waals surface area contributed by atoms with E-state index in [2.05, 4.69) is 21.4 Å². The Morgan fingerprint density at radius 3 is 2.21 bits per heavy atom. The monoisotopic (exact) mass is 326 g/mol. The fraction of sp³-hybridized carbons (Fsp3) is 0.143. The van der Waals surface area contributed by atoms with Gasteiger partial charge in [-0.15, -0.1) is 0 Å². The summed E-state index contributed by atoms with van der Waals surface area (Å²) in [7, 11) is 0. The lowest BCUT2D eigenvalue weighted by atomic mass is 9.98. The van der Waals surface area contributed by atoms with Crippen LogP contribution in [0, 0.1) is 18.6 Å². The molecule has 0 aliphatic heterocycles. The van der Waals surface area contributed by atoms with Crippen LogP contribution in [0.5, 0.6) is 0 Å². The normalized spacial score (nSPS) is 12.5. The SMILES string of the molecule is Cc1cc(C(NN)c2cc(F)cc(F)c2)ccc1Br. The van der Waals surface area contributed by atoms with Gasteiger partial charge in [-0.3, -0.25) is 5.84 Å². The Kier molecular flexibility index (Phi) is 4.29. The van der Waals surface area contributed by atoms with Crippen molar-refractivity contribution in [1.82, 2.24) is 5.43 Å². The van der Waals surface area contributed by atoms with E-state index in [1.807, 2.05) is 25.1 Å². The molecule has 0 spiro atoms. The van der Waals surface area contributed by atoms with Crippen molar-refractivity contribution >= 4 is 15.9 Å². The summed E-state index contributed by atoms with van der Waals surface area (Å²) < 4.78 is 27.5. The molecule has 0 aromatic heterocycles. The van der Waals surface area contributed by atoms with Crippen LogP contribution in [0.25, 0.3) is 0 Å². The number of hydrogen-bond acceptors (Lipinski definition) is 2. The molecule has 0 saturated heterocycles. The van der Waals surface area contributed by atoms with Gasteiger partial charge in [-0.1, -0.05) is 28.1 Å². The van der Waals surface area contributed by atoms with Crippen LogP contribution in [0.2, 0.25) is 0 Å². The van der Waals surface area contributed by atoms with E-state index in [0.717, 1.165) is 21.7 Å². The molecule has 0 fully saturated rings. The van der Waals surface area contributed by atoms with Gasteiger partial charge in [0.25, 0.3) is 0 Å². The van der Waals surface area contributed by atoms with Crippen molar-refractivity contribution < 1.29 is 8.78 Å². The van der Waals surface area contributed by atoms with E-state index < -0.39 is 17.7 Å². The second kappa shape index (κ2) is 5.77. The number of halogens is 3. The molecule has 2 aromatic rings. The zero-order chi connectivity index (χ0) is 14.0. The van der Waals surface area contributed by atoms with E-state index in [4.69, 9.17) is 5.84 Å². The molecule has 0 saturated carbocycles. The van der Waals surface area contributed by atoms with Crippen LogP contribution in [0.3, 0.4) is 0 Å². The molecule has 2 nitrogen and oxygen atoms in total. The van der Waals surface area contributed by atoms with Crippen LogP contribution in [0.1, 0.15) is 22.7 Å². The van der Waals surface area contributed by atoms with E-state index in [1.54, 1.807) is 0 Å². The zero-order valence-electron chi connectivity index (χ0n) is 10.3. The maximum absolute atomic E-state index is 13.3. The summed E-state index contributed by atoms with van der Waals surface area (Å²) in [6.07, 6.45) is 0. The molecule has 3 N–H and O–H groups in total. The largest absolute Gasteiger partial charge is 0.271 e. The molecule has 100 valence electrons. The lowest BCUT2D eigenvalue weighted by Crippen LogP contribution is -2.29. The summed E-state index contributed by atoms with van der Waals surface area (Å²) in [6.45, 7) is 1.94. The van der Waals surface area contributed by atoms with Crippen LogP contribution in [-0.2, 0) is 0 Å². The lowest BCUT2D eigenvalue weighted by molar-refractivity contribution is 0.566. The van der Waals surface area contributed by atoms with E-state index >= 15 is 0 Å². The highest BCUT2D eigenvalue weighted by Gasteiger charge is 2.15. The Morgan fingerprint density at radius 1 is 1.05 bits per heavy atom. The van der Waals surface area contributed by atoms with Gasteiger partial charge in [0.1, 0.15) is 11.6 Å². The first-order valence-corrected chi connectivity index (χ1v) is 6.48. The predicted octanol–water partition coefficient (Wildman–Crippen LogP) is 3.59. The molecule has 1 atom stereocenters. The van der Waals surface area contributed by atoms with Gasteiger partial charge in [0.05, 0.1) is 6.04 Å². The first-order chi connectivity index (χ1) is 9.01. The first kappa shape index (κ1) is 14.1. The molecule has 0 amide bonds. The summed E-state index contributed by atoms with van der Waals surface area (Å²) in [5.41, 5.74) is 4.90. The van der Waals surface area contributed by atoms with E-state index in [9.17, 15) is 8.78 Å². The van der Waals surface area contributed by atoms with Crippen LogP contribution < -0.4 is 11.3 Å². The molecule has 2 rings (SSSR count). The molecule has 2 aromatic carbocycles. The van der Waals surface area contributed by atoms with Gasteiger partial charge in [-0.05, 0) is 41.8 Å². The molecular weight excluding hydrogens is 314 g/mol. The Morgan fingerprint density at radius 2 is 1.68 bits per heavy atom. The Hall–Kier alpha value is -1.30. The standard InChI is InChI=1S/C14H13BrF2N2/c1-8-4-9(2-3-13(8)15)14(19-18)10-5-11(16)7-12(17)6-10/h2-7,14,19H,18H2,1H3. The molecule has 0 bridgehead atoms. The highest BCUT2D eigenvalue weighted by atomic mass is 79.9. The molecule has 0 heterocycles. The number of benzene rings is 2. The highest BCUT2D eigenvalue weighted by molar-refractivity contribution is 9.10. The lowest BCUT2D eigenvalue weighted by Gasteiger charge is -2.18. The fourth-order valence-corrected chi connectivity index (χ4v) is 2.22. The smallest absolute Gasteiger partial charge is 0.126 e. The predicted molar refractivity (Wildman–Crippen MR) is 74.4 cm³/mol. The van der Waals surface area contributed by atoms with E-state index in [-0.39, 0.29) is 0 Å². The summed E-state index contributed by atoms with van der Waals surface area (Å²) in [5, 5.41) is 0. The Bertz CT molecular complexity index is 582. The van der Waals surface area contributed by atoms with Crippen molar-refractivity contribution in [3.05, 3.63) is 69.2 Å². The summed E-state index contributed by atoms with van der Waals surface area (Å²) in [6, 6.07) is 8.56. The van der Waals surface area contributed by atoms with Gasteiger partial charge in [0.2, 0.25) is 0 Å². The Labute approximate surface area is 118 Å². The fourth-order valence-electron chi connectivity index (χ4n) is 1.97. The Balaban J connectivity index is 2.46. The first-order valence-electron chi connectivity index (χ1n) is 5.69. The number of nitrogens with one attached hydrogen (secondary N) is 1. The van der Waals surface area contributed by atoms with Gasteiger partial charge >= 0.3 is 0 Å². The zero-order valence-corrected chi connectivity index (χ0v) is 11.8. The average molecular weight is 327 g/mol. The third-order valence-electron chi connectivity index (χ3n) is 2.90. The molecular formula is C14H13BrF2N2. The van der Waals surface area contributed by atoms with Crippen molar-refractivity contribution in [1.29, 1.82) is 0 Å². The number of hydrogen-bond donors (Lipinski definition) is 2. The molecule has 19 heavy (non-hydrogen) atoms. The molecule has 5 heteroatoms. The molecule has 0 aliphatic rings. The number of hydrazine groups is 1. The van der Waals surface area contributed by atoms with Gasteiger partial charge in [-0.25, -0.2) is 14.2 Å². The summed E-state index contributed by atoms with van der Waals surface area (Å²) in [5.74, 6) is 4.28. The van der Waals surface area contributed by atoms with Crippen molar-refractivity contribution in [3.63, 3.8) is 0 Å². The third kappa shape index (κ3) is 3.18. The topological polar surface area (TPSA) is 38.0 Å². The van der Waals surface area contributed by atoms with Crippen molar-refractivity contribution in [2.75, 3.05) is 0 Å². The van der Waals surface area contributed by atoms with Crippen LogP contribution in [0.4, 0.5) is 8.78 Å². The minimum Gasteiger partial charge on any atom is -0.271 e. The number of aryl methyl sites for hydroxylation is 1. The number of rotatable bonds is 3. The maximum Gasteiger partial charge on any atom is 0.126 e. The van der Waals surface area contributed by atoms with Gasteiger partial charge < -0.3 is 0 Å². The average Bonchev–Trinajstić information content (AvgIpc) is 2.33.